The van der Waals surface area contributed by atoms with Crippen LogP contribution in [0.15, 0.2) is 113 Å². The molecule has 0 unspecified atom stereocenters. The summed E-state index contributed by atoms with van der Waals surface area (Å²) < 4.78 is 7.85. The first-order chi connectivity index (χ1) is 19.5. The molecular weight excluding hydrogens is 518 g/mol. The summed E-state index contributed by atoms with van der Waals surface area (Å²) in [5, 5.41) is 13.6. The molecule has 200 valence electrons. The summed E-state index contributed by atoms with van der Waals surface area (Å²) in [6.45, 7) is 4.58. The lowest BCUT2D eigenvalue weighted by Crippen LogP contribution is -2.20. The highest BCUT2D eigenvalue weighted by atomic mass is 32.2. The van der Waals surface area contributed by atoms with Crippen molar-refractivity contribution < 1.29 is 9.53 Å². The van der Waals surface area contributed by atoms with Crippen LogP contribution in [0.5, 0.6) is 5.75 Å². The minimum atomic E-state index is -0.243. The van der Waals surface area contributed by atoms with Crippen molar-refractivity contribution in [1.29, 1.82) is 0 Å². The van der Waals surface area contributed by atoms with Gasteiger partial charge in [-0.2, -0.15) is 5.10 Å². The molecule has 40 heavy (non-hydrogen) atoms. The van der Waals surface area contributed by atoms with E-state index in [4.69, 9.17) is 4.74 Å². The highest BCUT2D eigenvalue weighted by molar-refractivity contribution is 7.99. The van der Waals surface area contributed by atoms with Gasteiger partial charge in [-0.25, -0.2) is 5.43 Å². The normalized spacial score (nSPS) is 11.1. The van der Waals surface area contributed by atoms with E-state index in [2.05, 4.69) is 20.7 Å². The van der Waals surface area contributed by atoms with E-state index < -0.39 is 0 Å². The van der Waals surface area contributed by atoms with Crippen molar-refractivity contribution in [3.63, 3.8) is 0 Å². The van der Waals surface area contributed by atoms with Gasteiger partial charge in [-0.1, -0.05) is 102 Å². The van der Waals surface area contributed by atoms with E-state index in [0.717, 1.165) is 39.5 Å². The summed E-state index contributed by atoms with van der Waals surface area (Å²) in [5.41, 5.74) is 8.73. The lowest BCUT2D eigenvalue weighted by Gasteiger charge is -2.11. The number of carbonyl (C=O) groups is 1. The number of hydrogen-bond donors (Lipinski definition) is 1. The molecule has 0 atom stereocenters. The monoisotopic (exact) mass is 547 g/mol. The Kier molecular flexibility index (Phi) is 8.68. The molecule has 1 N–H and O–H groups in total. The Morgan fingerprint density at radius 3 is 2.38 bits per heavy atom. The maximum absolute atomic E-state index is 12.6. The van der Waals surface area contributed by atoms with E-state index in [1.807, 2.05) is 122 Å². The Hall–Kier alpha value is -4.69. The molecule has 0 aliphatic rings. The quantitative estimate of drug-likeness (QED) is 0.125. The third kappa shape index (κ3) is 7.03. The predicted molar refractivity (Wildman–Crippen MR) is 160 cm³/mol. The number of rotatable bonds is 10. The van der Waals surface area contributed by atoms with Crippen LogP contribution in [0.1, 0.15) is 22.3 Å². The summed E-state index contributed by atoms with van der Waals surface area (Å²) in [5.74, 6) is 1.34. The molecule has 0 aliphatic heterocycles. The van der Waals surface area contributed by atoms with Crippen molar-refractivity contribution in [2.24, 2.45) is 5.10 Å². The smallest absolute Gasteiger partial charge is 0.250 e. The number of nitrogens with zero attached hydrogens (tertiary/aromatic N) is 4. The van der Waals surface area contributed by atoms with E-state index in [9.17, 15) is 4.79 Å². The fraction of sp³-hybridized carbons (Fsp3) is 0.125. The Morgan fingerprint density at radius 2 is 1.62 bits per heavy atom. The molecule has 0 radical (unpaired) electrons. The van der Waals surface area contributed by atoms with E-state index in [1.165, 1.54) is 17.3 Å². The summed E-state index contributed by atoms with van der Waals surface area (Å²) in [6, 6.07) is 33.9. The van der Waals surface area contributed by atoms with Crippen LogP contribution >= 0.6 is 11.8 Å². The Labute approximate surface area is 237 Å². The molecule has 1 heterocycles. The average Bonchev–Trinajstić information content (AvgIpc) is 3.40. The largest absolute Gasteiger partial charge is 0.489 e. The number of nitrogens with one attached hydrogen (secondary N) is 1. The molecule has 0 bridgehead atoms. The molecule has 0 saturated carbocycles. The molecule has 5 aromatic rings. The zero-order valence-corrected chi connectivity index (χ0v) is 23.1. The SMILES string of the molecule is Cc1ccc(-c2nnc(SCC(=O)N/N=C\c3cccc(OCc4ccccc4)c3)n2-c2ccc(C)cc2)cc1. The topological polar surface area (TPSA) is 81.4 Å². The molecule has 7 nitrogen and oxygen atoms in total. The van der Waals surface area contributed by atoms with Crippen molar-refractivity contribution in [3.8, 4) is 22.8 Å². The number of thioether (sulfide) groups is 1. The van der Waals surface area contributed by atoms with Gasteiger partial charge in [0.2, 0.25) is 0 Å². The van der Waals surface area contributed by atoms with Crippen molar-refractivity contribution in [2.45, 2.75) is 25.6 Å². The number of aromatic nitrogens is 3. The molecule has 1 aromatic heterocycles. The second kappa shape index (κ2) is 12.9. The van der Waals surface area contributed by atoms with Crippen LogP contribution in [0.3, 0.4) is 0 Å². The molecule has 8 heteroatoms. The second-order valence-electron chi connectivity index (χ2n) is 9.27. The first-order valence-electron chi connectivity index (χ1n) is 12.9. The van der Waals surface area contributed by atoms with Crippen LogP contribution in [-0.2, 0) is 11.4 Å². The number of benzene rings is 4. The average molecular weight is 548 g/mol. The molecular formula is C32H29N5O2S. The number of aryl methyl sites for hydroxylation is 2. The van der Waals surface area contributed by atoms with Crippen molar-refractivity contribution in [2.75, 3.05) is 5.75 Å². The van der Waals surface area contributed by atoms with Gasteiger partial charge < -0.3 is 4.74 Å². The number of carbonyl (C=O) groups excluding carboxylic acids is 1. The lowest BCUT2D eigenvalue weighted by molar-refractivity contribution is -0.118. The lowest BCUT2D eigenvalue weighted by atomic mass is 10.1. The first kappa shape index (κ1) is 26.9. The third-order valence-corrected chi connectivity index (χ3v) is 7.01. The van der Waals surface area contributed by atoms with Crippen molar-refractivity contribution >= 4 is 23.9 Å². The van der Waals surface area contributed by atoms with Crippen molar-refractivity contribution in [3.05, 3.63) is 125 Å². The molecule has 0 fully saturated rings. The van der Waals surface area contributed by atoms with E-state index >= 15 is 0 Å². The van der Waals surface area contributed by atoms with E-state index in [-0.39, 0.29) is 11.7 Å². The fourth-order valence-corrected chi connectivity index (χ4v) is 4.69. The minimum Gasteiger partial charge on any atom is -0.489 e. The van der Waals surface area contributed by atoms with Crippen LogP contribution in [0.25, 0.3) is 17.1 Å². The minimum absolute atomic E-state index is 0.134. The van der Waals surface area contributed by atoms with Crippen molar-refractivity contribution in [1.82, 2.24) is 20.2 Å². The van der Waals surface area contributed by atoms with Crippen LogP contribution < -0.4 is 10.2 Å². The molecule has 0 spiro atoms. The van der Waals surface area contributed by atoms with Gasteiger partial charge in [-0.3, -0.25) is 9.36 Å². The Morgan fingerprint density at radius 1 is 0.900 bits per heavy atom. The van der Waals surface area contributed by atoms with Gasteiger partial charge in [0.15, 0.2) is 11.0 Å². The molecule has 0 saturated heterocycles. The van der Waals surface area contributed by atoms with Crippen LogP contribution in [0.2, 0.25) is 0 Å². The van der Waals surface area contributed by atoms with Gasteiger partial charge in [0, 0.05) is 11.3 Å². The number of hydrogen-bond acceptors (Lipinski definition) is 6. The predicted octanol–water partition coefficient (Wildman–Crippen LogP) is 6.37. The molecule has 1 amide bonds. The molecule has 5 rings (SSSR count). The molecule has 0 aliphatic carbocycles. The number of amides is 1. The van der Waals surface area contributed by atoms with Gasteiger partial charge in [-0.05, 0) is 49.2 Å². The van der Waals surface area contributed by atoms with Crippen LogP contribution in [0.4, 0.5) is 0 Å². The summed E-state index contributed by atoms with van der Waals surface area (Å²) in [4.78, 5) is 12.6. The maximum Gasteiger partial charge on any atom is 0.250 e. The fourth-order valence-electron chi connectivity index (χ4n) is 3.95. The van der Waals surface area contributed by atoms with Gasteiger partial charge in [0.25, 0.3) is 5.91 Å². The standard InChI is InChI=1S/C32H29N5O2S/c1-23-11-15-27(16-12-23)31-35-36-32(37(31)28-17-13-24(2)14-18-28)40-22-30(38)34-33-20-26-9-6-10-29(19-26)39-21-25-7-4-3-5-8-25/h3-20H,21-22H2,1-2H3,(H,34,38)/b33-20-. The summed E-state index contributed by atoms with van der Waals surface area (Å²) in [7, 11) is 0. The number of hydrazone groups is 1. The van der Waals surface area contributed by atoms with Crippen LogP contribution in [-0.4, -0.2) is 32.6 Å². The van der Waals surface area contributed by atoms with Gasteiger partial charge >= 0.3 is 0 Å². The highest BCUT2D eigenvalue weighted by Crippen LogP contribution is 2.28. The summed E-state index contributed by atoms with van der Waals surface area (Å²) in [6.07, 6.45) is 1.60. The zero-order valence-electron chi connectivity index (χ0n) is 22.3. The maximum atomic E-state index is 12.6. The Balaban J connectivity index is 1.22. The molecule has 4 aromatic carbocycles. The first-order valence-corrected chi connectivity index (χ1v) is 13.8. The van der Waals surface area contributed by atoms with Gasteiger partial charge in [0.1, 0.15) is 12.4 Å². The van der Waals surface area contributed by atoms with Crippen LogP contribution in [0, 0.1) is 13.8 Å². The highest BCUT2D eigenvalue weighted by Gasteiger charge is 2.17. The third-order valence-electron chi connectivity index (χ3n) is 6.08. The Bertz CT molecular complexity index is 1600. The van der Waals surface area contributed by atoms with E-state index in [1.54, 1.807) is 6.21 Å². The van der Waals surface area contributed by atoms with Gasteiger partial charge in [0.05, 0.1) is 12.0 Å². The number of ether oxygens (including phenoxy) is 1. The van der Waals surface area contributed by atoms with E-state index in [0.29, 0.717) is 11.8 Å². The second-order valence-corrected chi connectivity index (χ2v) is 10.2. The zero-order chi connectivity index (χ0) is 27.7. The summed E-state index contributed by atoms with van der Waals surface area (Å²) >= 11 is 1.31. The van der Waals surface area contributed by atoms with Gasteiger partial charge in [-0.15, -0.1) is 10.2 Å².